The predicted molar refractivity (Wildman–Crippen MR) is 111 cm³/mol. The van der Waals surface area contributed by atoms with E-state index < -0.39 is 0 Å². The highest BCUT2D eigenvalue weighted by Gasteiger charge is 2.30. The SMILES string of the molecule is COc1cc(C(=O)N2CCC[C@H](c3nc(-c4ccc(C)o4)no3)C2)cc(OC)c1OC. The van der Waals surface area contributed by atoms with Crippen LogP contribution in [0.3, 0.4) is 0 Å². The summed E-state index contributed by atoms with van der Waals surface area (Å²) in [6.07, 6.45) is 1.69. The Bertz CT molecular complexity index is 1050. The van der Waals surface area contributed by atoms with Gasteiger partial charge in [0.1, 0.15) is 5.76 Å². The summed E-state index contributed by atoms with van der Waals surface area (Å²) in [6.45, 7) is 2.98. The van der Waals surface area contributed by atoms with Crippen LogP contribution < -0.4 is 14.2 Å². The minimum atomic E-state index is -0.120. The van der Waals surface area contributed by atoms with Crippen molar-refractivity contribution in [1.29, 1.82) is 0 Å². The van der Waals surface area contributed by atoms with Gasteiger partial charge in [-0.05, 0) is 44.0 Å². The fourth-order valence-electron chi connectivity index (χ4n) is 3.81. The fourth-order valence-corrected chi connectivity index (χ4v) is 3.81. The summed E-state index contributed by atoms with van der Waals surface area (Å²) < 4.78 is 27.2. The maximum Gasteiger partial charge on any atom is 0.254 e. The highest BCUT2D eigenvalue weighted by atomic mass is 16.5. The third kappa shape index (κ3) is 4.08. The second-order valence-corrected chi connectivity index (χ2v) is 7.37. The highest BCUT2D eigenvalue weighted by Crippen LogP contribution is 2.39. The Morgan fingerprint density at radius 1 is 1.13 bits per heavy atom. The number of hydrogen-bond donors (Lipinski definition) is 0. The van der Waals surface area contributed by atoms with Crippen LogP contribution >= 0.6 is 0 Å². The summed E-state index contributed by atoms with van der Waals surface area (Å²) in [4.78, 5) is 19.5. The normalized spacial score (nSPS) is 16.3. The van der Waals surface area contributed by atoms with Gasteiger partial charge in [0.05, 0.1) is 27.2 Å². The fraction of sp³-hybridized carbons (Fsp3) is 0.409. The number of likely N-dealkylation sites (tertiary alicyclic amines) is 1. The van der Waals surface area contributed by atoms with E-state index >= 15 is 0 Å². The molecule has 164 valence electrons. The van der Waals surface area contributed by atoms with E-state index in [0.29, 0.717) is 53.4 Å². The minimum absolute atomic E-state index is 0.0444. The van der Waals surface area contributed by atoms with Gasteiger partial charge in [-0.1, -0.05) is 5.16 Å². The molecule has 1 atom stereocenters. The van der Waals surface area contributed by atoms with Crippen molar-refractivity contribution < 1.29 is 27.9 Å². The number of hydrogen-bond acceptors (Lipinski definition) is 8. The molecule has 31 heavy (non-hydrogen) atoms. The van der Waals surface area contributed by atoms with E-state index in [1.165, 1.54) is 21.3 Å². The van der Waals surface area contributed by atoms with E-state index in [4.69, 9.17) is 23.2 Å². The molecule has 3 heterocycles. The van der Waals surface area contributed by atoms with Gasteiger partial charge in [0.15, 0.2) is 17.3 Å². The van der Waals surface area contributed by atoms with Crippen LogP contribution in [0.25, 0.3) is 11.6 Å². The number of aryl methyl sites for hydroxylation is 1. The maximum atomic E-state index is 13.2. The van der Waals surface area contributed by atoms with E-state index in [1.807, 2.05) is 19.1 Å². The van der Waals surface area contributed by atoms with Crippen molar-refractivity contribution >= 4 is 5.91 Å². The van der Waals surface area contributed by atoms with Gasteiger partial charge in [-0.2, -0.15) is 4.98 Å². The Hall–Kier alpha value is -3.49. The number of piperidine rings is 1. The Kier molecular flexibility index (Phi) is 5.83. The Morgan fingerprint density at radius 3 is 2.48 bits per heavy atom. The molecule has 4 rings (SSSR count). The average Bonchev–Trinajstić information content (AvgIpc) is 3.46. The van der Waals surface area contributed by atoms with Gasteiger partial charge in [-0.15, -0.1) is 0 Å². The largest absolute Gasteiger partial charge is 0.493 e. The van der Waals surface area contributed by atoms with Crippen molar-refractivity contribution in [3.8, 4) is 28.8 Å². The number of carbonyl (C=O) groups excluding carboxylic acids is 1. The Morgan fingerprint density at radius 2 is 1.87 bits per heavy atom. The van der Waals surface area contributed by atoms with Crippen molar-refractivity contribution in [2.75, 3.05) is 34.4 Å². The Labute approximate surface area is 179 Å². The van der Waals surface area contributed by atoms with Crippen LogP contribution in [-0.2, 0) is 0 Å². The first-order valence-electron chi connectivity index (χ1n) is 10.0. The number of carbonyl (C=O) groups is 1. The lowest BCUT2D eigenvalue weighted by atomic mass is 9.97. The van der Waals surface area contributed by atoms with Crippen molar-refractivity contribution in [3.05, 3.63) is 41.5 Å². The van der Waals surface area contributed by atoms with Crippen LogP contribution in [0.15, 0.2) is 33.2 Å². The lowest BCUT2D eigenvalue weighted by molar-refractivity contribution is 0.0695. The van der Waals surface area contributed by atoms with E-state index in [1.54, 1.807) is 17.0 Å². The van der Waals surface area contributed by atoms with Gasteiger partial charge in [0, 0.05) is 18.7 Å². The number of methoxy groups -OCH3 is 3. The lowest BCUT2D eigenvalue weighted by Gasteiger charge is -2.31. The maximum absolute atomic E-state index is 13.2. The van der Waals surface area contributed by atoms with Crippen molar-refractivity contribution in [3.63, 3.8) is 0 Å². The quantitative estimate of drug-likeness (QED) is 0.587. The van der Waals surface area contributed by atoms with Gasteiger partial charge < -0.3 is 28.1 Å². The third-order valence-electron chi connectivity index (χ3n) is 5.37. The van der Waals surface area contributed by atoms with Crippen LogP contribution in [0.4, 0.5) is 0 Å². The number of ether oxygens (including phenoxy) is 3. The first-order chi connectivity index (χ1) is 15.0. The molecule has 1 aromatic carbocycles. The molecule has 0 radical (unpaired) electrons. The second-order valence-electron chi connectivity index (χ2n) is 7.37. The first-order valence-corrected chi connectivity index (χ1v) is 10.0. The topological polar surface area (TPSA) is 100 Å². The molecule has 3 aromatic rings. The third-order valence-corrected chi connectivity index (χ3v) is 5.37. The summed E-state index contributed by atoms with van der Waals surface area (Å²) in [5, 5.41) is 4.04. The Balaban J connectivity index is 1.54. The van der Waals surface area contributed by atoms with Crippen molar-refractivity contribution in [2.24, 2.45) is 0 Å². The van der Waals surface area contributed by atoms with Gasteiger partial charge in [0.2, 0.25) is 17.5 Å². The monoisotopic (exact) mass is 427 g/mol. The molecule has 0 spiro atoms. The molecule has 9 heteroatoms. The van der Waals surface area contributed by atoms with Crippen molar-refractivity contribution in [1.82, 2.24) is 15.0 Å². The molecule has 0 saturated carbocycles. The highest BCUT2D eigenvalue weighted by molar-refractivity contribution is 5.95. The van der Waals surface area contributed by atoms with Gasteiger partial charge in [-0.3, -0.25) is 4.79 Å². The summed E-state index contributed by atoms with van der Waals surface area (Å²) in [7, 11) is 4.58. The molecule has 1 amide bonds. The van der Waals surface area contributed by atoms with Crippen LogP contribution in [0.2, 0.25) is 0 Å². The molecular weight excluding hydrogens is 402 g/mol. The number of amides is 1. The molecular formula is C22H25N3O6. The number of rotatable bonds is 6. The molecule has 0 aliphatic carbocycles. The van der Waals surface area contributed by atoms with E-state index in [2.05, 4.69) is 10.1 Å². The summed E-state index contributed by atoms with van der Waals surface area (Å²) in [5.74, 6) is 3.42. The number of furan rings is 1. The average molecular weight is 427 g/mol. The summed E-state index contributed by atoms with van der Waals surface area (Å²) in [5.41, 5.74) is 0.465. The zero-order valence-corrected chi connectivity index (χ0v) is 18.0. The molecule has 1 saturated heterocycles. The minimum Gasteiger partial charge on any atom is -0.493 e. The summed E-state index contributed by atoms with van der Waals surface area (Å²) in [6, 6.07) is 6.99. The first kappa shape index (κ1) is 20.8. The molecule has 2 aromatic heterocycles. The lowest BCUT2D eigenvalue weighted by Crippen LogP contribution is -2.39. The van der Waals surface area contributed by atoms with Gasteiger partial charge in [-0.25, -0.2) is 0 Å². The molecule has 0 unspecified atom stereocenters. The predicted octanol–water partition coefficient (Wildman–Crippen LogP) is 3.68. The molecule has 1 aliphatic rings. The van der Waals surface area contributed by atoms with E-state index in [9.17, 15) is 4.79 Å². The van der Waals surface area contributed by atoms with Crippen LogP contribution in [-0.4, -0.2) is 55.4 Å². The van der Waals surface area contributed by atoms with Crippen molar-refractivity contribution in [2.45, 2.75) is 25.7 Å². The zero-order chi connectivity index (χ0) is 22.0. The van der Waals surface area contributed by atoms with Gasteiger partial charge >= 0.3 is 0 Å². The molecule has 0 N–H and O–H groups in total. The zero-order valence-electron chi connectivity index (χ0n) is 18.0. The molecule has 1 fully saturated rings. The molecule has 1 aliphatic heterocycles. The van der Waals surface area contributed by atoms with Gasteiger partial charge in [0.25, 0.3) is 5.91 Å². The number of benzene rings is 1. The molecule has 9 nitrogen and oxygen atoms in total. The summed E-state index contributed by atoms with van der Waals surface area (Å²) >= 11 is 0. The van der Waals surface area contributed by atoms with E-state index in [-0.39, 0.29) is 11.8 Å². The molecule has 0 bridgehead atoms. The van der Waals surface area contributed by atoms with Crippen LogP contribution in [0.1, 0.15) is 40.8 Å². The second kappa shape index (κ2) is 8.71. The smallest absolute Gasteiger partial charge is 0.254 e. The van der Waals surface area contributed by atoms with E-state index in [0.717, 1.165) is 18.6 Å². The number of aromatic nitrogens is 2. The number of nitrogens with zero attached hydrogens (tertiary/aromatic N) is 3. The standard InChI is InChI=1S/C22H25N3O6/c1-13-7-8-16(30-13)20-23-21(31-24-20)14-6-5-9-25(12-14)22(26)15-10-17(27-2)19(29-4)18(11-15)28-3/h7-8,10-11,14H,5-6,9,12H2,1-4H3/t14-/m0/s1. The van der Waals surface area contributed by atoms with Crippen LogP contribution in [0.5, 0.6) is 17.2 Å². The van der Waals surface area contributed by atoms with Crippen LogP contribution in [0, 0.1) is 6.92 Å².